The minimum absolute atomic E-state index is 0.670. The highest BCUT2D eigenvalue weighted by atomic mass is 32.2. The van der Waals surface area contributed by atoms with Crippen molar-refractivity contribution in [2.45, 2.75) is 0 Å². The molecule has 0 aromatic rings. The van der Waals surface area contributed by atoms with Crippen LogP contribution in [0, 0.1) is 0 Å². The molecular formula is C6H5OS. The van der Waals surface area contributed by atoms with Crippen LogP contribution in [0.25, 0.3) is 0 Å². The van der Waals surface area contributed by atoms with Crippen molar-refractivity contribution in [3.05, 3.63) is 23.1 Å². The van der Waals surface area contributed by atoms with E-state index in [1.165, 1.54) is 0 Å². The van der Waals surface area contributed by atoms with Crippen molar-refractivity contribution in [3.63, 3.8) is 0 Å². The standard InChI is InChI=1S/C6H5OS/c7-5-6-1-3-8-4-2-6/h1-3H,4H2. The van der Waals surface area contributed by atoms with Crippen molar-refractivity contribution in [3.8, 4) is 0 Å². The Labute approximate surface area is 52.5 Å². The second-order valence-electron chi connectivity index (χ2n) is 1.40. The van der Waals surface area contributed by atoms with Gasteiger partial charge in [-0.2, -0.15) is 0 Å². The van der Waals surface area contributed by atoms with Crippen LogP contribution >= 0.6 is 11.8 Å². The summed E-state index contributed by atoms with van der Waals surface area (Å²) in [6.07, 6.45) is 5.44. The number of carbonyl (C=O) groups excluding carboxylic acids is 1. The van der Waals surface area contributed by atoms with Crippen LogP contribution < -0.4 is 0 Å². The molecule has 8 heavy (non-hydrogen) atoms. The van der Waals surface area contributed by atoms with Gasteiger partial charge in [0.15, 0.2) is 0 Å². The molecule has 41 valence electrons. The maximum Gasteiger partial charge on any atom is 0.233 e. The zero-order chi connectivity index (χ0) is 5.82. The van der Waals surface area contributed by atoms with Crippen molar-refractivity contribution in [2.24, 2.45) is 0 Å². The lowest BCUT2D eigenvalue weighted by Gasteiger charge is -1.94. The van der Waals surface area contributed by atoms with E-state index in [-0.39, 0.29) is 0 Å². The minimum Gasteiger partial charge on any atom is -0.285 e. The zero-order valence-electron chi connectivity index (χ0n) is 4.26. The van der Waals surface area contributed by atoms with E-state index < -0.39 is 0 Å². The van der Waals surface area contributed by atoms with Crippen LogP contribution in [-0.2, 0) is 4.79 Å². The number of hydrogen-bond acceptors (Lipinski definition) is 2. The first-order chi connectivity index (χ1) is 3.93. The van der Waals surface area contributed by atoms with Crippen molar-refractivity contribution < 1.29 is 4.79 Å². The van der Waals surface area contributed by atoms with Crippen molar-refractivity contribution in [1.82, 2.24) is 0 Å². The summed E-state index contributed by atoms with van der Waals surface area (Å²) < 4.78 is 0. The molecule has 1 nitrogen and oxygen atoms in total. The summed E-state index contributed by atoms with van der Waals surface area (Å²) in [5, 5.41) is 1.90. The maximum absolute atomic E-state index is 9.91. The smallest absolute Gasteiger partial charge is 0.233 e. The first-order valence-corrected chi connectivity index (χ1v) is 3.35. The van der Waals surface area contributed by atoms with Gasteiger partial charge in [-0.15, -0.1) is 11.8 Å². The van der Waals surface area contributed by atoms with Crippen molar-refractivity contribution in [2.75, 3.05) is 5.75 Å². The first kappa shape index (κ1) is 5.63. The summed E-state index contributed by atoms with van der Waals surface area (Å²) in [7, 11) is 0. The molecule has 0 N–H and O–H groups in total. The molecule has 0 spiro atoms. The predicted molar refractivity (Wildman–Crippen MR) is 35.4 cm³/mol. The fourth-order valence-electron chi connectivity index (χ4n) is 0.459. The van der Waals surface area contributed by atoms with E-state index in [4.69, 9.17) is 0 Å². The molecule has 0 saturated carbocycles. The molecule has 1 aliphatic heterocycles. The number of rotatable bonds is 1. The molecule has 0 unspecified atom stereocenters. The Morgan fingerprint density at radius 1 is 1.75 bits per heavy atom. The third-order valence-corrected chi connectivity index (χ3v) is 1.55. The zero-order valence-corrected chi connectivity index (χ0v) is 5.07. The van der Waals surface area contributed by atoms with E-state index >= 15 is 0 Å². The van der Waals surface area contributed by atoms with Gasteiger partial charge in [-0.3, -0.25) is 4.79 Å². The first-order valence-electron chi connectivity index (χ1n) is 2.30. The van der Waals surface area contributed by atoms with Crippen LogP contribution in [0.15, 0.2) is 23.1 Å². The molecule has 0 saturated heterocycles. The summed E-state index contributed by atoms with van der Waals surface area (Å²) in [6.45, 7) is 0. The fraction of sp³-hybridized carbons (Fsp3) is 0.167. The third kappa shape index (κ3) is 1.23. The molecule has 1 aliphatic rings. The lowest BCUT2D eigenvalue weighted by atomic mass is 10.3. The lowest BCUT2D eigenvalue weighted by Crippen LogP contribution is -1.83. The van der Waals surface area contributed by atoms with Crippen molar-refractivity contribution in [1.29, 1.82) is 0 Å². The van der Waals surface area contributed by atoms with Crippen LogP contribution in [0.2, 0.25) is 0 Å². The van der Waals surface area contributed by atoms with Gasteiger partial charge in [0, 0.05) is 11.3 Å². The Kier molecular flexibility index (Phi) is 1.92. The Hall–Kier alpha value is -0.500. The normalized spacial score (nSPS) is 17.8. The average Bonchev–Trinajstić information content (AvgIpc) is 1.90. The SMILES string of the molecule is O=[C]C1=CCSC=C1. The molecule has 0 bridgehead atoms. The second-order valence-corrected chi connectivity index (χ2v) is 2.34. The topological polar surface area (TPSA) is 17.1 Å². The number of thioether (sulfide) groups is 1. The van der Waals surface area contributed by atoms with Crippen LogP contribution in [-0.4, -0.2) is 12.0 Å². The molecule has 1 radical (unpaired) electrons. The fourth-order valence-corrected chi connectivity index (χ4v) is 1.09. The molecule has 2 heteroatoms. The molecule has 0 aromatic carbocycles. The molecule has 0 fully saturated rings. The minimum atomic E-state index is 0.670. The Balaban J connectivity index is 2.64. The molecule has 0 aliphatic carbocycles. The van der Waals surface area contributed by atoms with Gasteiger partial charge in [-0.25, -0.2) is 0 Å². The van der Waals surface area contributed by atoms with E-state index in [0.29, 0.717) is 5.57 Å². The van der Waals surface area contributed by atoms with Crippen LogP contribution in [0.3, 0.4) is 0 Å². The molecule has 0 amide bonds. The largest absolute Gasteiger partial charge is 0.285 e. The monoisotopic (exact) mass is 125 g/mol. The molecule has 0 atom stereocenters. The highest BCUT2D eigenvalue weighted by molar-refractivity contribution is 8.02. The molecule has 0 aromatic heterocycles. The number of hydrogen-bond donors (Lipinski definition) is 0. The third-order valence-electron chi connectivity index (χ3n) is 0.861. The molecule has 1 rings (SSSR count). The maximum atomic E-state index is 9.91. The quantitative estimate of drug-likeness (QED) is 0.525. The Bertz CT molecular complexity index is 147. The van der Waals surface area contributed by atoms with Gasteiger partial charge in [0.2, 0.25) is 6.29 Å². The van der Waals surface area contributed by atoms with Gasteiger partial charge in [-0.05, 0) is 11.5 Å². The highest BCUT2D eigenvalue weighted by Crippen LogP contribution is 2.11. The van der Waals surface area contributed by atoms with E-state index in [1.54, 1.807) is 17.8 Å². The molecule has 1 heterocycles. The summed E-state index contributed by atoms with van der Waals surface area (Å²) in [6, 6.07) is 0. The Morgan fingerprint density at radius 3 is 3.00 bits per heavy atom. The lowest BCUT2D eigenvalue weighted by molar-refractivity contribution is 0.562. The second kappa shape index (κ2) is 2.72. The van der Waals surface area contributed by atoms with Gasteiger partial charge in [0.25, 0.3) is 0 Å². The van der Waals surface area contributed by atoms with E-state index in [0.717, 1.165) is 5.75 Å². The molecular weight excluding hydrogens is 120 g/mol. The number of allylic oxidation sites excluding steroid dienone is 2. The average molecular weight is 125 g/mol. The summed E-state index contributed by atoms with van der Waals surface area (Å²) in [4.78, 5) is 9.91. The van der Waals surface area contributed by atoms with Gasteiger partial charge in [0.1, 0.15) is 0 Å². The van der Waals surface area contributed by atoms with Gasteiger partial charge >= 0.3 is 0 Å². The van der Waals surface area contributed by atoms with Crippen LogP contribution in [0.1, 0.15) is 0 Å². The summed E-state index contributed by atoms with van der Waals surface area (Å²) in [5.74, 6) is 0.904. The van der Waals surface area contributed by atoms with Gasteiger partial charge in [0.05, 0.1) is 0 Å². The summed E-state index contributed by atoms with van der Waals surface area (Å²) in [5.41, 5.74) is 0.670. The highest BCUT2D eigenvalue weighted by Gasteiger charge is 1.93. The summed E-state index contributed by atoms with van der Waals surface area (Å²) >= 11 is 1.68. The Morgan fingerprint density at radius 2 is 2.62 bits per heavy atom. The van der Waals surface area contributed by atoms with Gasteiger partial charge < -0.3 is 0 Å². The predicted octanol–water partition coefficient (Wildman–Crippen LogP) is 1.28. The van der Waals surface area contributed by atoms with Gasteiger partial charge in [-0.1, -0.05) is 6.08 Å². The van der Waals surface area contributed by atoms with Crippen molar-refractivity contribution >= 4 is 18.0 Å². The van der Waals surface area contributed by atoms with E-state index in [1.807, 2.05) is 17.8 Å². The van der Waals surface area contributed by atoms with Crippen LogP contribution in [0.4, 0.5) is 0 Å². The van der Waals surface area contributed by atoms with Crippen LogP contribution in [0.5, 0.6) is 0 Å². The van der Waals surface area contributed by atoms with E-state index in [9.17, 15) is 4.79 Å². The van der Waals surface area contributed by atoms with E-state index in [2.05, 4.69) is 0 Å².